The van der Waals surface area contributed by atoms with Crippen molar-refractivity contribution in [2.45, 2.75) is 43.3 Å². The van der Waals surface area contributed by atoms with Gasteiger partial charge in [-0.3, -0.25) is 4.79 Å². The van der Waals surface area contributed by atoms with Crippen LogP contribution in [0.1, 0.15) is 32.1 Å². The summed E-state index contributed by atoms with van der Waals surface area (Å²) in [5.74, 6) is 0.651. The lowest BCUT2D eigenvalue weighted by molar-refractivity contribution is -0.119. The van der Waals surface area contributed by atoms with Crippen molar-refractivity contribution in [3.05, 3.63) is 54.3 Å². The number of rotatable bonds is 6. The van der Waals surface area contributed by atoms with E-state index in [1.54, 1.807) is 12.1 Å². The summed E-state index contributed by atoms with van der Waals surface area (Å²) in [6.07, 6.45) is 5.76. The molecule has 0 bridgehead atoms. The van der Waals surface area contributed by atoms with Gasteiger partial charge in [0.2, 0.25) is 5.91 Å². The quantitative estimate of drug-likeness (QED) is 0.439. The second-order valence-electron chi connectivity index (χ2n) is 7.19. The van der Waals surface area contributed by atoms with Crippen LogP contribution < -0.4 is 10.6 Å². The van der Waals surface area contributed by atoms with Gasteiger partial charge in [-0.2, -0.15) is 0 Å². The second kappa shape index (κ2) is 9.22. The van der Waals surface area contributed by atoms with E-state index in [4.69, 9.17) is 0 Å². The van der Waals surface area contributed by atoms with E-state index in [1.807, 2.05) is 24.3 Å². The number of anilines is 2. The van der Waals surface area contributed by atoms with E-state index < -0.39 is 0 Å². The minimum Gasteiger partial charge on any atom is -0.353 e. The van der Waals surface area contributed by atoms with Gasteiger partial charge in [0.05, 0.1) is 11.3 Å². The Bertz CT molecular complexity index is 990. The van der Waals surface area contributed by atoms with Gasteiger partial charge in [-0.25, -0.2) is 14.4 Å². The molecule has 5 nitrogen and oxygen atoms in total. The fourth-order valence-corrected chi connectivity index (χ4v) is 4.19. The molecule has 4 rings (SSSR count). The molecule has 0 atom stereocenters. The number of carbonyl (C=O) groups is 1. The number of hydrogen-bond acceptors (Lipinski definition) is 5. The zero-order valence-electron chi connectivity index (χ0n) is 16.0. The molecule has 0 saturated heterocycles. The number of halogens is 1. The maximum atomic E-state index is 13.2. The summed E-state index contributed by atoms with van der Waals surface area (Å²) < 4.78 is 13.2. The normalized spacial score (nSPS) is 14.7. The van der Waals surface area contributed by atoms with Crippen LogP contribution in [0.15, 0.2) is 53.7 Å². The predicted octanol–water partition coefficient (Wildman–Crippen LogP) is 5.05. The van der Waals surface area contributed by atoms with Crippen LogP contribution >= 0.6 is 11.8 Å². The third-order valence-electron chi connectivity index (χ3n) is 4.99. The van der Waals surface area contributed by atoms with Gasteiger partial charge in [-0.05, 0) is 49.2 Å². The Hall–Kier alpha value is -2.67. The maximum absolute atomic E-state index is 13.2. The number of nitrogens with zero attached hydrogens (tertiary/aromatic N) is 2. The number of fused-ring (bicyclic) bond motifs is 1. The third kappa shape index (κ3) is 5.23. The lowest BCUT2D eigenvalue weighted by atomic mass is 9.95. The molecule has 7 heteroatoms. The number of para-hydroxylation sites is 1. The molecule has 1 aliphatic rings. The Morgan fingerprint density at radius 3 is 2.59 bits per heavy atom. The van der Waals surface area contributed by atoms with Crippen LogP contribution in [0.5, 0.6) is 0 Å². The molecule has 0 unspecified atom stereocenters. The van der Waals surface area contributed by atoms with E-state index in [1.165, 1.54) is 43.2 Å². The molecule has 0 aliphatic heterocycles. The molecule has 1 aromatic heterocycles. The fraction of sp³-hybridized carbons (Fsp3) is 0.318. The highest BCUT2D eigenvalue weighted by atomic mass is 32.2. The van der Waals surface area contributed by atoms with Gasteiger partial charge in [0.15, 0.2) is 5.16 Å². The van der Waals surface area contributed by atoms with Gasteiger partial charge in [0.1, 0.15) is 11.6 Å². The van der Waals surface area contributed by atoms with Gasteiger partial charge in [-0.15, -0.1) is 0 Å². The number of aromatic nitrogens is 2. The SMILES string of the molecule is O=C(CSc1nc(Nc2ccc(F)cc2)c2ccccc2n1)NC1CCCCC1. The average Bonchev–Trinajstić information content (AvgIpc) is 2.75. The number of carbonyl (C=O) groups excluding carboxylic acids is 1. The first kappa shape index (κ1) is 19.6. The minimum absolute atomic E-state index is 0.0201. The van der Waals surface area contributed by atoms with Crippen molar-refractivity contribution < 1.29 is 9.18 Å². The zero-order chi connectivity index (χ0) is 20.1. The Kier molecular flexibility index (Phi) is 6.24. The molecule has 2 N–H and O–H groups in total. The van der Waals surface area contributed by atoms with Crippen molar-refractivity contribution in [3.63, 3.8) is 0 Å². The van der Waals surface area contributed by atoms with Crippen molar-refractivity contribution in [1.82, 2.24) is 15.3 Å². The molecule has 3 aromatic rings. The lowest BCUT2D eigenvalue weighted by Crippen LogP contribution is -2.37. The summed E-state index contributed by atoms with van der Waals surface area (Å²) in [4.78, 5) is 21.5. The van der Waals surface area contributed by atoms with Crippen LogP contribution in [-0.4, -0.2) is 27.7 Å². The first-order valence-electron chi connectivity index (χ1n) is 9.89. The Morgan fingerprint density at radius 2 is 1.79 bits per heavy atom. The smallest absolute Gasteiger partial charge is 0.230 e. The number of hydrogen-bond donors (Lipinski definition) is 2. The minimum atomic E-state index is -0.289. The van der Waals surface area contributed by atoms with E-state index in [9.17, 15) is 9.18 Å². The molecule has 1 fully saturated rings. The summed E-state index contributed by atoms with van der Waals surface area (Å²) in [5, 5.41) is 7.76. The summed E-state index contributed by atoms with van der Waals surface area (Å²) in [6.45, 7) is 0. The van der Waals surface area contributed by atoms with Crippen LogP contribution in [0.25, 0.3) is 10.9 Å². The third-order valence-corrected chi connectivity index (χ3v) is 5.84. The highest BCUT2D eigenvalue weighted by Crippen LogP contribution is 2.27. The highest BCUT2D eigenvalue weighted by Gasteiger charge is 2.16. The topological polar surface area (TPSA) is 66.9 Å². The van der Waals surface area contributed by atoms with Crippen LogP contribution in [-0.2, 0) is 4.79 Å². The summed E-state index contributed by atoms with van der Waals surface area (Å²) in [6, 6.07) is 14.1. The number of amides is 1. The number of benzene rings is 2. The van der Waals surface area contributed by atoms with Gasteiger partial charge in [0, 0.05) is 17.1 Å². The van der Waals surface area contributed by atoms with Crippen LogP contribution in [0.3, 0.4) is 0 Å². The second-order valence-corrected chi connectivity index (χ2v) is 8.14. The van der Waals surface area contributed by atoms with Crippen LogP contribution in [0.2, 0.25) is 0 Å². The molecule has 2 aromatic carbocycles. The molecule has 1 saturated carbocycles. The molecule has 29 heavy (non-hydrogen) atoms. The van der Waals surface area contributed by atoms with Gasteiger partial charge >= 0.3 is 0 Å². The number of thioether (sulfide) groups is 1. The van der Waals surface area contributed by atoms with Crippen molar-refractivity contribution in [1.29, 1.82) is 0 Å². The highest BCUT2D eigenvalue weighted by molar-refractivity contribution is 7.99. The fourth-order valence-electron chi connectivity index (χ4n) is 3.53. The molecule has 0 spiro atoms. The molecular formula is C22H23FN4OS. The van der Waals surface area contributed by atoms with Crippen molar-refractivity contribution in [3.8, 4) is 0 Å². The van der Waals surface area contributed by atoms with Gasteiger partial charge in [0.25, 0.3) is 0 Å². The molecule has 0 radical (unpaired) electrons. The van der Waals surface area contributed by atoms with Gasteiger partial charge < -0.3 is 10.6 Å². The monoisotopic (exact) mass is 410 g/mol. The predicted molar refractivity (Wildman–Crippen MR) is 115 cm³/mol. The average molecular weight is 411 g/mol. The maximum Gasteiger partial charge on any atom is 0.230 e. The first-order valence-corrected chi connectivity index (χ1v) is 10.9. The Labute approximate surface area is 173 Å². The van der Waals surface area contributed by atoms with Crippen LogP contribution in [0, 0.1) is 5.82 Å². The van der Waals surface area contributed by atoms with Crippen molar-refractivity contribution in [2.75, 3.05) is 11.1 Å². The number of nitrogens with one attached hydrogen (secondary N) is 2. The Balaban J connectivity index is 1.48. The Morgan fingerprint density at radius 1 is 1.03 bits per heavy atom. The van der Waals surface area contributed by atoms with Gasteiger partial charge in [-0.1, -0.05) is 43.2 Å². The lowest BCUT2D eigenvalue weighted by Gasteiger charge is -2.22. The first-order chi connectivity index (χ1) is 14.2. The summed E-state index contributed by atoms with van der Waals surface area (Å²) in [5.41, 5.74) is 1.53. The van der Waals surface area contributed by atoms with Crippen molar-refractivity contribution in [2.24, 2.45) is 0 Å². The van der Waals surface area contributed by atoms with Crippen LogP contribution in [0.4, 0.5) is 15.9 Å². The van der Waals surface area contributed by atoms with E-state index in [-0.39, 0.29) is 17.5 Å². The standard InChI is InChI=1S/C22H23FN4OS/c23-15-10-12-17(13-11-15)25-21-18-8-4-5-9-19(18)26-22(27-21)29-14-20(28)24-16-6-2-1-3-7-16/h4-5,8-13,16H,1-3,6-7,14H2,(H,24,28)(H,25,26,27). The zero-order valence-corrected chi connectivity index (χ0v) is 16.8. The largest absolute Gasteiger partial charge is 0.353 e. The molecule has 1 heterocycles. The van der Waals surface area contributed by atoms with E-state index in [0.717, 1.165) is 29.4 Å². The summed E-state index contributed by atoms with van der Waals surface area (Å²) >= 11 is 1.32. The molecule has 1 aliphatic carbocycles. The van der Waals surface area contributed by atoms with Crippen molar-refractivity contribution >= 4 is 40.1 Å². The van der Waals surface area contributed by atoms with E-state index in [2.05, 4.69) is 20.6 Å². The van der Waals surface area contributed by atoms with E-state index >= 15 is 0 Å². The molecular weight excluding hydrogens is 387 g/mol. The summed E-state index contributed by atoms with van der Waals surface area (Å²) in [7, 11) is 0. The molecule has 150 valence electrons. The molecule has 1 amide bonds. The van der Waals surface area contributed by atoms with E-state index in [0.29, 0.717) is 17.0 Å².